The first-order valence-corrected chi connectivity index (χ1v) is 5.73. The summed E-state index contributed by atoms with van der Waals surface area (Å²) in [6, 6.07) is 0. The van der Waals surface area contributed by atoms with E-state index in [9.17, 15) is 9.59 Å². The predicted octanol–water partition coefficient (Wildman–Crippen LogP) is 0.921. The molecule has 1 atom stereocenters. The molecule has 5 heteroatoms. The Hall–Kier alpha value is -1.65. The van der Waals surface area contributed by atoms with Crippen LogP contribution in [0.3, 0.4) is 0 Å². The molecule has 2 heterocycles. The van der Waals surface area contributed by atoms with Gasteiger partial charge in [0, 0.05) is 18.5 Å². The van der Waals surface area contributed by atoms with E-state index >= 15 is 0 Å². The molecule has 1 aromatic heterocycles. The topological polar surface area (TPSA) is 61.2 Å². The quantitative estimate of drug-likeness (QED) is 0.680. The van der Waals surface area contributed by atoms with Gasteiger partial charge in [0.1, 0.15) is 5.82 Å². The summed E-state index contributed by atoms with van der Waals surface area (Å²) >= 11 is 0. The van der Waals surface area contributed by atoms with Crippen molar-refractivity contribution in [2.24, 2.45) is 5.92 Å². The number of fused-ring (bicyclic) bond motifs is 1. The number of methoxy groups -OCH3 is 1. The monoisotopic (exact) mass is 236 g/mol. The molecule has 0 saturated carbocycles. The minimum atomic E-state index is -0.541. The second-order valence-electron chi connectivity index (χ2n) is 4.55. The summed E-state index contributed by atoms with van der Waals surface area (Å²) in [7, 11) is 1.29. The molecule has 17 heavy (non-hydrogen) atoms. The molecule has 92 valence electrons. The molecule has 1 aromatic rings. The first-order valence-electron chi connectivity index (χ1n) is 5.73. The second kappa shape index (κ2) is 4.31. The summed E-state index contributed by atoms with van der Waals surface area (Å²) in [4.78, 5) is 27.9. The van der Waals surface area contributed by atoms with Gasteiger partial charge in [-0.05, 0) is 19.3 Å². The smallest absolute Gasteiger partial charge is 0.357 e. The van der Waals surface area contributed by atoms with Crippen molar-refractivity contribution in [1.29, 1.82) is 0 Å². The molecule has 1 aliphatic rings. The Kier molecular flexibility index (Phi) is 3.00. The first-order chi connectivity index (χ1) is 8.04. The Morgan fingerprint density at radius 2 is 2.24 bits per heavy atom. The largest absolute Gasteiger partial charge is 0.464 e. The van der Waals surface area contributed by atoms with Crippen molar-refractivity contribution in [2.45, 2.75) is 33.2 Å². The Labute approximate surface area is 99.4 Å². The molecular weight excluding hydrogens is 220 g/mol. The number of rotatable bonds is 1. The Balaban J connectivity index is 2.59. The molecule has 0 N–H and O–H groups in total. The Morgan fingerprint density at radius 3 is 2.88 bits per heavy atom. The summed E-state index contributed by atoms with van der Waals surface area (Å²) in [5.74, 6) is 0.649. The van der Waals surface area contributed by atoms with Gasteiger partial charge in [0.25, 0.3) is 5.56 Å². The standard InChI is InChI=1S/C12H16N2O3/c1-7-4-5-14-9(6-7)13-10(12(16)17-3)8(2)11(14)15/h7H,4-6H2,1-3H3. The fourth-order valence-corrected chi connectivity index (χ4v) is 2.14. The van der Waals surface area contributed by atoms with Crippen LogP contribution in [0.25, 0.3) is 0 Å². The second-order valence-corrected chi connectivity index (χ2v) is 4.55. The van der Waals surface area contributed by atoms with E-state index in [0.717, 1.165) is 12.8 Å². The number of aromatic nitrogens is 2. The van der Waals surface area contributed by atoms with Crippen LogP contribution in [0.1, 0.15) is 35.2 Å². The van der Waals surface area contributed by atoms with Crippen LogP contribution in [-0.4, -0.2) is 22.6 Å². The van der Waals surface area contributed by atoms with Gasteiger partial charge in [-0.1, -0.05) is 6.92 Å². The third kappa shape index (κ3) is 1.97. The lowest BCUT2D eigenvalue weighted by molar-refractivity contribution is 0.0591. The van der Waals surface area contributed by atoms with E-state index in [4.69, 9.17) is 0 Å². The lowest BCUT2D eigenvalue weighted by atomic mass is 9.99. The van der Waals surface area contributed by atoms with Gasteiger partial charge in [0.2, 0.25) is 0 Å². The number of nitrogens with zero attached hydrogens (tertiary/aromatic N) is 2. The highest BCUT2D eigenvalue weighted by atomic mass is 16.5. The van der Waals surface area contributed by atoms with Gasteiger partial charge in [-0.3, -0.25) is 9.36 Å². The van der Waals surface area contributed by atoms with Gasteiger partial charge in [-0.2, -0.15) is 0 Å². The van der Waals surface area contributed by atoms with E-state index < -0.39 is 5.97 Å². The van der Waals surface area contributed by atoms with Crippen LogP contribution in [-0.2, 0) is 17.7 Å². The number of carbonyl (C=O) groups is 1. The maximum atomic E-state index is 12.1. The number of ether oxygens (including phenoxy) is 1. The van der Waals surface area contributed by atoms with Crippen LogP contribution >= 0.6 is 0 Å². The van der Waals surface area contributed by atoms with Crippen molar-refractivity contribution in [3.05, 3.63) is 27.4 Å². The van der Waals surface area contributed by atoms with E-state index in [0.29, 0.717) is 23.9 Å². The number of hydrogen-bond donors (Lipinski definition) is 0. The van der Waals surface area contributed by atoms with Crippen molar-refractivity contribution in [3.8, 4) is 0 Å². The lowest BCUT2D eigenvalue weighted by Gasteiger charge is -2.23. The average molecular weight is 236 g/mol. The molecular formula is C12H16N2O3. The molecule has 1 aliphatic heterocycles. The maximum Gasteiger partial charge on any atom is 0.357 e. The van der Waals surface area contributed by atoms with E-state index in [1.165, 1.54) is 7.11 Å². The molecule has 0 aliphatic carbocycles. The highest BCUT2D eigenvalue weighted by molar-refractivity contribution is 5.88. The van der Waals surface area contributed by atoms with Gasteiger partial charge in [-0.25, -0.2) is 9.78 Å². The molecule has 1 unspecified atom stereocenters. The fraction of sp³-hybridized carbons (Fsp3) is 0.583. The molecule has 0 aromatic carbocycles. The normalized spacial score (nSPS) is 18.6. The molecule has 0 spiro atoms. The lowest BCUT2D eigenvalue weighted by Crippen LogP contribution is -2.34. The molecule has 5 nitrogen and oxygen atoms in total. The molecule has 0 bridgehead atoms. The van der Waals surface area contributed by atoms with E-state index in [1.807, 2.05) is 0 Å². The number of hydrogen-bond acceptors (Lipinski definition) is 4. The third-order valence-corrected chi connectivity index (χ3v) is 3.23. The molecule has 0 fully saturated rings. The average Bonchev–Trinajstić information content (AvgIpc) is 2.32. The van der Waals surface area contributed by atoms with Crippen molar-refractivity contribution in [2.75, 3.05) is 7.11 Å². The molecule has 2 rings (SSSR count). The number of carbonyl (C=O) groups excluding carboxylic acids is 1. The van der Waals surface area contributed by atoms with Crippen molar-refractivity contribution >= 4 is 5.97 Å². The van der Waals surface area contributed by atoms with Gasteiger partial charge in [0.15, 0.2) is 5.69 Å². The van der Waals surface area contributed by atoms with Crippen molar-refractivity contribution < 1.29 is 9.53 Å². The highest BCUT2D eigenvalue weighted by Crippen LogP contribution is 2.17. The molecule has 0 amide bonds. The van der Waals surface area contributed by atoms with Crippen LogP contribution in [0.15, 0.2) is 4.79 Å². The van der Waals surface area contributed by atoms with Crippen LogP contribution in [0, 0.1) is 12.8 Å². The Morgan fingerprint density at radius 1 is 1.53 bits per heavy atom. The van der Waals surface area contributed by atoms with Crippen LogP contribution in [0.5, 0.6) is 0 Å². The van der Waals surface area contributed by atoms with Gasteiger partial charge in [0.05, 0.1) is 7.11 Å². The summed E-state index contributed by atoms with van der Waals surface area (Å²) in [6.45, 7) is 4.42. The minimum Gasteiger partial charge on any atom is -0.464 e. The third-order valence-electron chi connectivity index (χ3n) is 3.23. The SMILES string of the molecule is COC(=O)c1nc2n(c(=O)c1C)CCC(C)C2. The highest BCUT2D eigenvalue weighted by Gasteiger charge is 2.23. The van der Waals surface area contributed by atoms with Gasteiger partial charge in [-0.15, -0.1) is 0 Å². The summed E-state index contributed by atoms with van der Waals surface area (Å²) < 4.78 is 6.31. The minimum absolute atomic E-state index is 0.123. The zero-order valence-corrected chi connectivity index (χ0v) is 10.3. The zero-order valence-electron chi connectivity index (χ0n) is 10.3. The Bertz CT molecular complexity index is 519. The van der Waals surface area contributed by atoms with Crippen LogP contribution < -0.4 is 5.56 Å². The van der Waals surface area contributed by atoms with Crippen molar-refractivity contribution in [1.82, 2.24) is 9.55 Å². The van der Waals surface area contributed by atoms with E-state index in [2.05, 4.69) is 16.6 Å². The predicted molar refractivity (Wildman–Crippen MR) is 62.1 cm³/mol. The fourth-order valence-electron chi connectivity index (χ4n) is 2.14. The maximum absolute atomic E-state index is 12.1. The summed E-state index contributed by atoms with van der Waals surface area (Å²) in [6.07, 6.45) is 1.71. The number of esters is 1. The van der Waals surface area contributed by atoms with Gasteiger partial charge >= 0.3 is 5.97 Å². The molecule has 0 saturated heterocycles. The zero-order chi connectivity index (χ0) is 12.6. The summed E-state index contributed by atoms with van der Waals surface area (Å²) in [5.41, 5.74) is 0.398. The van der Waals surface area contributed by atoms with Crippen molar-refractivity contribution in [3.63, 3.8) is 0 Å². The molecule has 0 radical (unpaired) electrons. The van der Waals surface area contributed by atoms with E-state index in [-0.39, 0.29) is 11.3 Å². The van der Waals surface area contributed by atoms with Gasteiger partial charge < -0.3 is 4.74 Å². The summed E-state index contributed by atoms with van der Waals surface area (Å²) in [5, 5.41) is 0. The first kappa shape index (κ1) is 11.8. The van der Waals surface area contributed by atoms with Crippen LogP contribution in [0.4, 0.5) is 0 Å². The van der Waals surface area contributed by atoms with Crippen LogP contribution in [0.2, 0.25) is 0 Å². The van der Waals surface area contributed by atoms with E-state index in [1.54, 1.807) is 11.5 Å².